The SMILES string of the molecule is CCC(=O)NCCCC(=O)NCCOCCOCC(=O)C(C)C. The van der Waals surface area contributed by atoms with Crippen molar-refractivity contribution < 1.29 is 23.9 Å². The maximum atomic E-state index is 11.5. The molecule has 0 spiro atoms. The second-order valence-electron chi connectivity index (χ2n) is 5.44. The Kier molecular flexibility index (Phi) is 13.2. The lowest BCUT2D eigenvalue weighted by molar-refractivity contribution is -0.127. The van der Waals surface area contributed by atoms with Gasteiger partial charge in [0.2, 0.25) is 11.8 Å². The van der Waals surface area contributed by atoms with E-state index >= 15 is 0 Å². The van der Waals surface area contributed by atoms with E-state index in [-0.39, 0.29) is 30.1 Å². The molecule has 0 saturated heterocycles. The van der Waals surface area contributed by atoms with Crippen LogP contribution >= 0.6 is 0 Å². The van der Waals surface area contributed by atoms with Crippen LogP contribution in [0.3, 0.4) is 0 Å². The van der Waals surface area contributed by atoms with Gasteiger partial charge < -0.3 is 20.1 Å². The minimum atomic E-state index is -0.0573. The zero-order valence-electron chi connectivity index (χ0n) is 14.5. The van der Waals surface area contributed by atoms with E-state index in [1.54, 1.807) is 6.92 Å². The van der Waals surface area contributed by atoms with Gasteiger partial charge in [0, 0.05) is 31.8 Å². The Labute approximate surface area is 138 Å². The third kappa shape index (κ3) is 13.9. The van der Waals surface area contributed by atoms with Gasteiger partial charge in [0.05, 0.1) is 19.8 Å². The molecule has 2 N–H and O–H groups in total. The highest BCUT2D eigenvalue weighted by atomic mass is 16.5. The van der Waals surface area contributed by atoms with Crippen LogP contribution in [0, 0.1) is 5.92 Å². The van der Waals surface area contributed by atoms with Crippen LogP contribution in [0.1, 0.15) is 40.0 Å². The van der Waals surface area contributed by atoms with Crippen molar-refractivity contribution in [2.75, 3.05) is 39.5 Å². The molecular formula is C16H30N2O5. The van der Waals surface area contributed by atoms with Crippen LogP contribution in [0.15, 0.2) is 0 Å². The largest absolute Gasteiger partial charge is 0.377 e. The van der Waals surface area contributed by atoms with Gasteiger partial charge >= 0.3 is 0 Å². The van der Waals surface area contributed by atoms with Gasteiger partial charge in [-0.25, -0.2) is 0 Å². The quantitative estimate of drug-likeness (QED) is 0.457. The van der Waals surface area contributed by atoms with Crippen LogP contribution in [0.5, 0.6) is 0 Å². The third-order valence-corrected chi connectivity index (χ3v) is 3.05. The van der Waals surface area contributed by atoms with Gasteiger partial charge in [-0.1, -0.05) is 20.8 Å². The second-order valence-corrected chi connectivity index (χ2v) is 5.44. The molecule has 7 nitrogen and oxygen atoms in total. The molecule has 0 aromatic heterocycles. The van der Waals surface area contributed by atoms with Crippen molar-refractivity contribution in [3.05, 3.63) is 0 Å². The summed E-state index contributed by atoms with van der Waals surface area (Å²) < 4.78 is 10.5. The Morgan fingerprint density at radius 2 is 1.57 bits per heavy atom. The van der Waals surface area contributed by atoms with Crippen molar-refractivity contribution in [1.29, 1.82) is 0 Å². The zero-order valence-corrected chi connectivity index (χ0v) is 14.5. The van der Waals surface area contributed by atoms with E-state index in [1.165, 1.54) is 0 Å². The molecule has 23 heavy (non-hydrogen) atoms. The summed E-state index contributed by atoms with van der Waals surface area (Å²) in [6.07, 6.45) is 1.46. The Morgan fingerprint density at radius 3 is 2.22 bits per heavy atom. The van der Waals surface area contributed by atoms with Crippen LogP contribution in [0.25, 0.3) is 0 Å². The summed E-state index contributed by atoms with van der Waals surface area (Å²) in [5.74, 6) is 0.00284. The monoisotopic (exact) mass is 330 g/mol. The fraction of sp³-hybridized carbons (Fsp3) is 0.812. The summed E-state index contributed by atoms with van der Waals surface area (Å²) >= 11 is 0. The van der Waals surface area contributed by atoms with Crippen molar-refractivity contribution in [3.8, 4) is 0 Å². The van der Waals surface area contributed by atoms with Crippen molar-refractivity contribution in [3.63, 3.8) is 0 Å². The number of nitrogens with one attached hydrogen (secondary N) is 2. The lowest BCUT2D eigenvalue weighted by Crippen LogP contribution is -2.29. The topological polar surface area (TPSA) is 93.7 Å². The Hall–Kier alpha value is -1.47. The summed E-state index contributed by atoms with van der Waals surface area (Å²) in [5.41, 5.74) is 0. The molecule has 0 atom stereocenters. The van der Waals surface area contributed by atoms with E-state index in [0.29, 0.717) is 52.2 Å². The molecule has 0 rings (SSSR count). The minimum absolute atomic E-state index is 0.00359. The van der Waals surface area contributed by atoms with Gasteiger partial charge in [-0.2, -0.15) is 0 Å². The summed E-state index contributed by atoms with van der Waals surface area (Å²) in [6, 6.07) is 0. The van der Waals surface area contributed by atoms with Crippen LogP contribution in [0.4, 0.5) is 0 Å². The number of rotatable bonds is 14. The first-order valence-corrected chi connectivity index (χ1v) is 8.19. The first-order chi connectivity index (χ1) is 11.0. The van der Waals surface area contributed by atoms with E-state index < -0.39 is 0 Å². The van der Waals surface area contributed by atoms with Gasteiger partial charge in [-0.05, 0) is 6.42 Å². The van der Waals surface area contributed by atoms with Crippen LogP contribution in [0.2, 0.25) is 0 Å². The maximum Gasteiger partial charge on any atom is 0.220 e. The number of ether oxygens (including phenoxy) is 2. The molecule has 0 aliphatic rings. The third-order valence-electron chi connectivity index (χ3n) is 3.05. The van der Waals surface area contributed by atoms with Gasteiger partial charge in [0.1, 0.15) is 6.61 Å². The molecule has 134 valence electrons. The molecule has 0 fully saturated rings. The molecule has 0 radical (unpaired) electrons. The molecule has 0 saturated carbocycles. The Morgan fingerprint density at radius 1 is 0.913 bits per heavy atom. The fourth-order valence-electron chi connectivity index (χ4n) is 1.51. The predicted octanol–water partition coefficient (Wildman–Crippen LogP) is 0.667. The molecule has 7 heteroatoms. The van der Waals surface area contributed by atoms with Gasteiger partial charge in [-0.3, -0.25) is 14.4 Å². The number of Topliss-reactive ketones (excluding diaryl/α,β-unsaturated/α-hetero) is 1. The van der Waals surface area contributed by atoms with Crippen LogP contribution in [-0.2, 0) is 23.9 Å². The molecule has 0 aromatic rings. The number of ketones is 1. The normalized spacial score (nSPS) is 10.6. The number of carbonyl (C=O) groups is 3. The van der Waals surface area contributed by atoms with Crippen LogP contribution in [-0.4, -0.2) is 57.1 Å². The number of amides is 2. The highest BCUT2D eigenvalue weighted by molar-refractivity contribution is 5.81. The number of carbonyl (C=O) groups excluding carboxylic acids is 3. The van der Waals surface area contributed by atoms with E-state index in [9.17, 15) is 14.4 Å². The van der Waals surface area contributed by atoms with Crippen molar-refractivity contribution >= 4 is 17.6 Å². The molecular weight excluding hydrogens is 300 g/mol. The highest BCUT2D eigenvalue weighted by Gasteiger charge is 2.06. The summed E-state index contributed by atoms with van der Waals surface area (Å²) in [5, 5.41) is 5.45. The average molecular weight is 330 g/mol. The average Bonchev–Trinajstić information content (AvgIpc) is 2.53. The molecule has 2 amide bonds. The second kappa shape index (κ2) is 14.1. The smallest absolute Gasteiger partial charge is 0.220 e. The predicted molar refractivity (Wildman–Crippen MR) is 87.0 cm³/mol. The summed E-state index contributed by atoms with van der Waals surface area (Å²) in [7, 11) is 0. The zero-order chi connectivity index (χ0) is 17.5. The van der Waals surface area contributed by atoms with E-state index in [0.717, 1.165) is 0 Å². The standard InChI is InChI=1S/C16H30N2O5/c1-4-15(20)17-7-5-6-16(21)18-8-9-22-10-11-23-12-14(19)13(2)3/h13H,4-12H2,1-3H3,(H,17,20)(H,18,21). The summed E-state index contributed by atoms with van der Waals surface area (Å²) in [4.78, 5) is 33.8. The van der Waals surface area contributed by atoms with Gasteiger partial charge in [0.15, 0.2) is 5.78 Å². The lowest BCUT2D eigenvalue weighted by Gasteiger charge is -2.08. The lowest BCUT2D eigenvalue weighted by atomic mass is 10.1. The molecule has 0 aliphatic heterocycles. The number of hydrogen-bond donors (Lipinski definition) is 2. The van der Waals surface area contributed by atoms with Gasteiger partial charge in [0.25, 0.3) is 0 Å². The van der Waals surface area contributed by atoms with Crippen molar-refractivity contribution in [2.45, 2.75) is 40.0 Å². The molecule has 0 heterocycles. The maximum absolute atomic E-state index is 11.5. The minimum Gasteiger partial charge on any atom is -0.377 e. The number of hydrogen-bond acceptors (Lipinski definition) is 5. The molecule has 0 bridgehead atoms. The molecule has 0 aromatic carbocycles. The first kappa shape index (κ1) is 21.5. The molecule has 0 aliphatic carbocycles. The van der Waals surface area contributed by atoms with Crippen molar-refractivity contribution in [2.24, 2.45) is 5.92 Å². The summed E-state index contributed by atoms with van der Waals surface area (Å²) in [6.45, 7) is 7.69. The first-order valence-electron chi connectivity index (χ1n) is 8.19. The highest BCUT2D eigenvalue weighted by Crippen LogP contribution is 1.94. The van der Waals surface area contributed by atoms with E-state index in [2.05, 4.69) is 10.6 Å². The molecule has 0 unspecified atom stereocenters. The van der Waals surface area contributed by atoms with E-state index in [4.69, 9.17) is 9.47 Å². The van der Waals surface area contributed by atoms with Gasteiger partial charge in [-0.15, -0.1) is 0 Å². The van der Waals surface area contributed by atoms with Crippen molar-refractivity contribution in [1.82, 2.24) is 10.6 Å². The van der Waals surface area contributed by atoms with E-state index in [1.807, 2.05) is 13.8 Å². The van der Waals surface area contributed by atoms with Crippen LogP contribution < -0.4 is 10.6 Å². The fourth-order valence-corrected chi connectivity index (χ4v) is 1.51. The Bertz CT molecular complexity index is 358. The Balaban J connectivity index is 3.32.